The Morgan fingerprint density at radius 2 is 1.89 bits per heavy atom. The lowest BCUT2D eigenvalue weighted by atomic mass is 10.2. The maximum absolute atomic E-state index is 4.67. The minimum absolute atomic E-state index is 0.946. The summed E-state index contributed by atoms with van der Waals surface area (Å²) in [5.74, 6) is 0. The Morgan fingerprint density at radius 1 is 1.17 bits per heavy atom. The van der Waals surface area contributed by atoms with Gasteiger partial charge < -0.3 is 10.2 Å². The lowest BCUT2D eigenvalue weighted by molar-refractivity contribution is 0.584. The van der Waals surface area contributed by atoms with Crippen LogP contribution < -0.4 is 10.2 Å². The fourth-order valence-corrected chi connectivity index (χ4v) is 2.75. The maximum atomic E-state index is 4.67. The van der Waals surface area contributed by atoms with Crippen molar-refractivity contribution in [3.8, 4) is 0 Å². The average Bonchev–Trinajstić information content (AvgIpc) is 2.71. The number of fused-ring (bicyclic) bond motifs is 1. The van der Waals surface area contributed by atoms with E-state index in [4.69, 9.17) is 0 Å². The molecule has 1 aliphatic heterocycles. The molecular formula is C13H19N5. The molecule has 3 rings (SSSR count). The molecule has 0 radical (unpaired) electrons. The molecule has 96 valence electrons. The summed E-state index contributed by atoms with van der Waals surface area (Å²) in [6, 6.07) is 2.03. The Kier molecular flexibility index (Phi) is 2.70. The summed E-state index contributed by atoms with van der Waals surface area (Å²) < 4.78 is 1.96. The number of hydrogen-bond acceptors (Lipinski definition) is 4. The molecule has 0 bridgehead atoms. The van der Waals surface area contributed by atoms with E-state index in [1.54, 1.807) is 0 Å². The molecule has 1 aliphatic rings. The van der Waals surface area contributed by atoms with Gasteiger partial charge >= 0.3 is 0 Å². The molecule has 2 aromatic rings. The molecule has 0 unspecified atom stereocenters. The first kappa shape index (κ1) is 11.5. The number of aryl methyl sites for hydroxylation is 3. The molecule has 0 saturated carbocycles. The monoisotopic (exact) mass is 245 g/mol. The molecular weight excluding hydrogens is 226 g/mol. The number of hydrogen-bond donors (Lipinski definition) is 1. The molecule has 1 fully saturated rings. The van der Waals surface area contributed by atoms with E-state index < -0.39 is 0 Å². The van der Waals surface area contributed by atoms with Gasteiger partial charge in [-0.05, 0) is 20.8 Å². The summed E-state index contributed by atoms with van der Waals surface area (Å²) in [6.45, 7) is 10.4. The third kappa shape index (κ3) is 1.75. The molecule has 0 amide bonds. The molecule has 5 heteroatoms. The highest BCUT2D eigenvalue weighted by atomic mass is 15.3. The summed E-state index contributed by atoms with van der Waals surface area (Å²) in [7, 11) is 0. The van der Waals surface area contributed by atoms with Crippen LogP contribution in [0.4, 0.5) is 5.69 Å². The first-order chi connectivity index (χ1) is 8.66. The fraction of sp³-hybridized carbons (Fsp3) is 0.538. The first-order valence-electron chi connectivity index (χ1n) is 6.46. The van der Waals surface area contributed by atoms with Crippen molar-refractivity contribution in [2.24, 2.45) is 0 Å². The van der Waals surface area contributed by atoms with Crippen molar-refractivity contribution >= 4 is 11.3 Å². The minimum atomic E-state index is 0.946. The lowest BCUT2D eigenvalue weighted by Crippen LogP contribution is -2.44. The van der Waals surface area contributed by atoms with E-state index in [0.717, 1.165) is 43.2 Å². The van der Waals surface area contributed by atoms with Crippen molar-refractivity contribution in [3.05, 3.63) is 23.1 Å². The molecule has 0 aromatic carbocycles. The molecule has 1 saturated heterocycles. The van der Waals surface area contributed by atoms with Gasteiger partial charge in [-0.1, -0.05) is 0 Å². The average molecular weight is 245 g/mol. The zero-order chi connectivity index (χ0) is 12.7. The van der Waals surface area contributed by atoms with Gasteiger partial charge in [-0.25, -0.2) is 9.50 Å². The van der Waals surface area contributed by atoms with Crippen LogP contribution in [0.2, 0.25) is 0 Å². The summed E-state index contributed by atoms with van der Waals surface area (Å²) in [6.07, 6.45) is 0. The molecule has 0 atom stereocenters. The van der Waals surface area contributed by atoms with Crippen LogP contribution in [0.5, 0.6) is 0 Å². The van der Waals surface area contributed by atoms with E-state index in [9.17, 15) is 0 Å². The third-order valence-corrected chi connectivity index (χ3v) is 3.53. The van der Waals surface area contributed by atoms with Crippen molar-refractivity contribution in [3.63, 3.8) is 0 Å². The Labute approximate surface area is 107 Å². The highest BCUT2D eigenvalue weighted by molar-refractivity contribution is 5.59. The summed E-state index contributed by atoms with van der Waals surface area (Å²) in [4.78, 5) is 7.08. The number of aromatic nitrogens is 3. The summed E-state index contributed by atoms with van der Waals surface area (Å²) >= 11 is 0. The molecule has 2 aromatic heterocycles. The number of rotatable bonds is 1. The highest BCUT2D eigenvalue weighted by Crippen LogP contribution is 2.24. The van der Waals surface area contributed by atoms with Crippen LogP contribution in [-0.4, -0.2) is 40.8 Å². The van der Waals surface area contributed by atoms with E-state index in [2.05, 4.69) is 34.1 Å². The van der Waals surface area contributed by atoms with Crippen molar-refractivity contribution in [2.45, 2.75) is 20.8 Å². The first-order valence-corrected chi connectivity index (χ1v) is 6.46. The SMILES string of the molecule is Cc1cc2nc(C)c(N3CCNCC3)c(C)n2n1. The zero-order valence-corrected chi connectivity index (χ0v) is 11.2. The van der Waals surface area contributed by atoms with Gasteiger partial charge in [-0.2, -0.15) is 5.10 Å². The van der Waals surface area contributed by atoms with Gasteiger partial charge in [0.15, 0.2) is 5.65 Å². The third-order valence-electron chi connectivity index (χ3n) is 3.53. The number of piperazine rings is 1. The molecule has 1 N–H and O–H groups in total. The van der Waals surface area contributed by atoms with Crippen molar-refractivity contribution in [2.75, 3.05) is 31.1 Å². The normalized spacial score (nSPS) is 16.5. The predicted octanol–water partition coefficient (Wildman–Crippen LogP) is 1.06. The number of nitrogens with one attached hydrogen (secondary N) is 1. The van der Waals surface area contributed by atoms with Crippen LogP contribution in [0.3, 0.4) is 0 Å². The smallest absolute Gasteiger partial charge is 0.155 e. The van der Waals surface area contributed by atoms with Crippen LogP contribution in [0.1, 0.15) is 17.1 Å². The van der Waals surface area contributed by atoms with E-state index >= 15 is 0 Å². The molecule has 3 heterocycles. The van der Waals surface area contributed by atoms with Crippen LogP contribution >= 0.6 is 0 Å². The Hall–Kier alpha value is -1.62. The van der Waals surface area contributed by atoms with Crippen LogP contribution in [0.25, 0.3) is 5.65 Å². The Balaban J connectivity index is 2.15. The van der Waals surface area contributed by atoms with E-state index in [-0.39, 0.29) is 0 Å². The van der Waals surface area contributed by atoms with Gasteiger partial charge in [0.25, 0.3) is 0 Å². The predicted molar refractivity (Wildman–Crippen MR) is 72.3 cm³/mol. The Bertz CT molecular complexity index is 581. The van der Waals surface area contributed by atoms with Crippen LogP contribution in [0, 0.1) is 20.8 Å². The van der Waals surface area contributed by atoms with Crippen molar-refractivity contribution in [1.82, 2.24) is 19.9 Å². The number of nitrogens with zero attached hydrogens (tertiary/aromatic N) is 4. The van der Waals surface area contributed by atoms with Crippen molar-refractivity contribution < 1.29 is 0 Å². The Morgan fingerprint density at radius 3 is 2.61 bits per heavy atom. The molecule has 18 heavy (non-hydrogen) atoms. The summed E-state index contributed by atoms with van der Waals surface area (Å²) in [5, 5.41) is 7.90. The second kappa shape index (κ2) is 4.24. The van der Waals surface area contributed by atoms with Crippen LogP contribution in [-0.2, 0) is 0 Å². The summed E-state index contributed by atoms with van der Waals surface area (Å²) in [5.41, 5.74) is 5.49. The van der Waals surface area contributed by atoms with Crippen LogP contribution in [0.15, 0.2) is 6.07 Å². The van der Waals surface area contributed by atoms with Gasteiger partial charge in [-0.3, -0.25) is 0 Å². The standard InChI is InChI=1S/C13H19N5/c1-9-8-12-15-10(2)13(11(3)18(12)16-9)17-6-4-14-5-7-17/h8,14H,4-7H2,1-3H3. The van der Waals surface area contributed by atoms with Gasteiger partial charge in [0.1, 0.15) is 0 Å². The second-order valence-corrected chi connectivity index (χ2v) is 4.92. The van der Waals surface area contributed by atoms with E-state index in [0.29, 0.717) is 0 Å². The highest BCUT2D eigenvalue weighted by Gasteiger charge is 2.18. The quantitative estimate of drug-likeness (QED) is 0.816. The van der Waals surface area contributed by atoms with Gasteiger partial charge in [0.2, 0.25) is 0 Å². The molecule has 0 spiro atoms. The van der Waals surface area contributed by atoms with Gasteiger partial charge in [0.05, 0.1) is 22.8 Å². The largest absolute Gasteiger partial charge is 0.366 e. The van der Waals surface area contributed by atoms with Gasteiger partial charge in [0, 0.05) is 32.2 Å². The number of anilines is 1. The fourth-order valence-electron chi connectivity index (χ4n) is 2.75. The zero-order valence-electron chi connectivity index (χ0n) is 11.2. The molecule has 5 nitrogen and oxygen atoms in total. The van der Waals surface area contributed by atoms with Gasteiger partial charge in [-0.15, -0.1) is 0 Å². The lowest BCUT2D eigenvalue weighted by Gasteiger charge is -2.31. The minimum Gasteiger partial charge on any atom is -0.366 e. The topological polar surface area (TPSA) is 45.5 Å². The van der Waals surface area contributed by atoms with E-state index in [1.165, 1.54) is 11.4 Å². The van der Waals surface area contributed by atoms with Crippen molar-refractivity contribution in [1.29, 1.82) is 0 Å². The van der Waals surface area contributed by atoms with E-state index in [1.807, 2.05) is 17.5 Å². The second-order valence-electron chi connectivity index (χ2n) is 4.92. The molecule has 0 aliphatic carbocycles. The maximum Gasteiger partial charge on any atom is 0.155 e.